The maximum atomic E-state index is 12.6. The SMILES string of the molecule is N#C/C(=C\c1cc(Cl)c(OCc2ccc(Cl)cc2)c(Cl)c1)C(=O)Nc1cc([N+](=O)[O-])ccc1Cl. The summed E-state index contributed by atoms with van der Waals surface area (Å²) in [5.41, 5.74) is 0.637. The fraction of sp³-hybridized carbons (Fsp3) is 0.0435. The first-order valence-electron chi connectivity index (χ1n) is 9.41. The van der Waals surface area contributed by atoms with E-state index in [4.69, 9.17) is 51.1 Å². The molecule has 7 nitrogen and oxygen atoms in total. The lowest BCUT2D eigenvalue weighted by Crippen LogP contribution is -2.14. The number of nitrogens with one attached hydrogen (secondary N) is 1. The minimum atomic E-state index is -0.819. The standard InChI is InChI=1S/C23H13Cl4N3O4/c24-16-3-1-13(2-4-16)12-34-22-19(26)8-14(9-20(22)27)7-15(11-28)23(31)29-21-10-17(30(32)33)5-6-18(21)25/h1-10H,12H2,(H,29,31)/b15-7+. The summed E-state index contributed by atoms with van der Waals surface area (Å²) in [6, 6.07) is 15.4. The summed E-state index contributed by atoms with van der Waals surface area (Å²) in [6.45, 7) is 0.196. The molecule has 0 saturated carbocycles. The van der Waals surface area contributed by atoms with Crippen LogP contribution in [0.2, 0.25) is 20.1 Å². The predicted molar refractivity (Wildman–Crippen MR) is 133 cm³/mol. The highest BCUT2D eigenvalue weighted by Crippen LogP contribution is 2.35. The van der Waals surface area contributed by atoms with Crippen molar-refractivity contribution in [2.75, 3.05) is 5.32 Å². The number of nitriles is 1. The van der Waals surface area contributed by atoms with E-state index in [-0.39, 0.29) is 44.4 Å². The van der Waals surface area contributed by atoms with Crippen LogP contribution < -0.4 is 10.1 Å². The molecule has 11 heteroatoms. The van der Waals surface area contributed by atoms with Gasteiger partial charge in [-0.1, -0.05) is 58.5 Å². The van der Waals surface area contributed by atoms with E-state index in [2.05, 4.69) is 5.32 Å². The molecule has 0 spiro atoms. The van der Waals surface area contributed by atoms with E-state index in [9.17, 15) is 20.2 Å². The van der Waals surface area contributed by atoms with Crippen LogP contribution in [0.5, 0.6) is 5.75 Å². The third-order valence-corrected chi connectivity index (χ3v) is 5.55. The monoisotopic (exact) mass is 535 g/mol. The Labute approximate surface area is 214 Å². The molecule has 1 N–H and O–H groups in total. The Hall–Kier alpha value is -3.28. The summed E-state index contributed by atoms with van der Waals surface area (Å²) in [5, 5.41) is 23.8. The fourth-order valence-electron chi connectivity index (χ4n) is 2.76. The lowest BCUT2D eigenvalue weighted by molar-refractivity contribution is -0.384. The zero-order chi connectivity index (χ0) is 24.8. The van der Waals surface area contributed by atoms with Crippen molar-refractivity contribution >= 4 is 69.8 Å². The van der Waals surface area contributed by atoms with Crippen molar-refractivity contribution in [3.8, 4) is 11.8 Å². The van der Waals surface area contributed by atoms with E-state index in [0.717, 1.165) is 11.6 Å². The first-order valence-corrected chi connectivity index (χ1v) is 10.9. The number of nitrogens with zero attached hydrogens (tertiary/aromatic N) is 2. The molecule has 0 atom stereocenters. The van der Waals surface area contributed by atoms with E-state index in [1.807, 2.05) is 0 Å². The molecule has 0 aromatic heterocycles. The molecular weight excluding hydrogens is 524 g/mol. The van der Waals surface area contributed by atoms with Gasteiger partial charge in [-0.05, 0) is 47.5 Å². The van der Waals surface area contributed by atoms with Gasteiger partial charge in [-0.2, -0.15) is 5.26 Å². The fourth-order valence-corrected chi connectivity index (χ4v) is 3.67. The second kappa shape index (κ2) is 11.2. The molecule has 34 heavy (non-hydrogen) atoms. The molecule has 0 aliphatic carbocycles. The van der Waals surface area contributed by atoms with Crippen LogP contribution in [0.4, 0.5) is 11.4 Å². The van der Waals surface area contributed by atoms with Crippen molar-refractivity contribution in [2.45, 2.75) is 6.61 Å². The smallest absolute Gasteiger partial charge is 0.271 e. The van der Waals surface area contributed by atoms with Gasteiger partial charge in [0.2, 0.25) is 0 Å². The van der Waals surface area contributed by atoms with Crippen LogP contribution in [0.25, 0.3) is 6.08 Å². The number of halogens is 4. The number of amides is 1. The lowest BCUT2D eigenvalue weighted by atomic mass is 10.1. The van der Waals surface area contributed by atoms with Crippen LogP contribution in [0.1, 0.15) is 11.1 Å². The third-order valence-electron chi connectivity index (χ3n) is 4.40. The minimum Gasteiger partial charge on any atom is -0.486 e. The largest absolute Gasteiger partial charge is 0.486 e. The summed E-state index contributed by atoms with van der Waals surface area (Å²) in [5.74, 6) is -0.582. The number of hydrogen-bond acceptors (Lipinski definition) is 5. The summed E-state index contributed by atoms with van der Waals surface area (Å²) in [6.07, 6.45) is 1.27. The second-order valence-electron chi connectivity index (χ2n) is 6.77. The van der Waals surface area contributed by atoms with Crippen LogP contribution in [-0.4, -0.2) is 10.8 Å². The van der Waals surface area contributed by atoms with Crippen molar-refractivity contribution in [1.29, 1.82) is 5.26 Å². The van der Waals surface area contributed by atoms with Crippen molar-refractivity contribution in [3.63, 3.8) is 0 Å². The van der Waals surface area contributed by atoms with Crippen LogP contribution >= 0.6 is 46.4 Å². The lowest BCUT2D eigenvalue weighted by Gasteiger charge is -2.11. The van der Waals surface area contributed by atoms with Gasteiger partial charge in [0.05, 0.1) is 25.7 Å². The number of carbonyl (C=O) groups is 1. The van der Waals surface area contributed by atoms with E-state index in [0.29, 0.717) is 10.6 Å². The van der Waals surface area contributed by atoms with Crippen LogP contribution in [-0.2, 0) is 11.4 Å². The molecule has 3 aromatic rings. The Morgan fingerprint density at radius 1 is 1.03 bits per heavy atom. The zero-order valence-electron chi connectivity index (χ0n) is 17.0. The quantitative estimate of drug-likeness (QED) is 0.147. The average Bonchev–Trinajstić information content (AvgIpc) is 2.79. The van der Waals surface area contributed by atoms with E-state index < -0.39 is 10.8 Å². The summed E-state index contributed by atoms with van der Waals surface area (Å²) < 4.78 is 5.71. The number of non-ortho nitro benzene ring substituents is 1. The number of rotatable bonds is 7. The maximum absolute atomic E-state index is 12.6. The topological polar surface area (TPSA) is 105 Å². The van der Waals surface area contributed by atoms with Gasteiger partial charge in [-0.25, -0.2) is 0 Å². The number of ether oxygens (including phenoxy) is 1. The van der Waals surface area contributed by atoms with Crippen LogP contribution in [0.15, 0.2) is 60.2 Å². The van der Waals surface area contributed by atoms with Gasteiger partial charge in [-0.15, -0.1) is 0 Å². The summed E-state index contributed by atoms with van der Waals surface area (Å²) in [4.78, 5) is 22.9. The van der Waals surface area contributed by atoms with Gasteiger partial charge in [0.15, 0.2) is 5.75 Å². The maximum Gasteiger partial charge on any atom is 0.271 e. The van der Waals surface area contributed by atoms with Gasteiger partial charge >= 0.3 is 0 Å². The molecular formula is C23H13Cl4N3O4. The van der Waals surface area contributed by atoms with Crippen molar-refractivity contribution in [2.24, 2.45) is 0 Å². The number of anilines is 1. The molecule has 1 amide bonds. The van der Waals surface area contributed by atoms with Gasteiger partial charge in [0.1, 0.15) is 18.2 Å². The Bertz CT molecular complexity index is 1310. The molecule has 0 radical (unpaired) electrons. The molecule has 0 unspecified atom stereocenters. The highest BCUT2D eigenvalue weighted by Gasteiger charge is 2.16. The summed E-state index contributed by atoms with van der Waals surface area (Å²) >= 11 is 24.5. The molecule has 3 rings (SSSR count). The van der Waals surface area contributed by atoms with Gasteiger partial charge in [-0.3, -0.25) is 14.9 Å². The Balaban J connectivity index is 1.79. The second-order valence-corrected chi connectivity index (χ2v) is 8.43. The molecule has 0 bridgehead atoms. The van der Waals surface area contributed by atoms with Crippen molar-refractivity contribution in [1.82, 2.24) is 0 Å². The van der Waals surface area contributed by atoms with Crippen LogP contribution in [0, 0.1) is 21.4 Å². The normalized spacial score (nSPS) is 11.0. The predicted octanol–water partition coefficient (Wildman–Crippen LogP) is 7.33. The van der Waals surface area contributed by atoms with Crippen molar-refractivity contribution < 1.29 is 14.5 Å². The first-order chi connectivity index (χ1) is 16.2. The highest BCUT2D eigenvalue weighted by molar-refractivity contribution is 6.37. The molecule has 3 aromatic carbocycles. The van der Waals surface area contributed by atoms with Crippen molar-refractivity contribution in [3.05, 3.63) is 102 Å². The third kappa shape index (κ3) is 6.40. The van der Waals surface area contributed by atoms with Gasteiger partial charge < -0.3 is 10.1 Å². The highest BCUT2D eigenvalue weighted by atomic mass is 35.5. The number of nitro benzene ring substituents is 1. The Morgan fingerprint density at radius 3 is 2.26 bits per heavy atom. The molecule has 0 aliphatic heterocycles. The molecule has 172 valence electrons. The molecule has 0 heterocycles. The minimum absolute atomic E-state index is 0.0102. The number of benzene rings is 3. The molecule has 0 aliphatic rings. The molecule has 0 fully saturated rings. The van der Waals surface area contributed by atoms with E-state index in [1.54, 1.807) is 30.3 Å². The van der Waals surface area contributed by atoms with E-state index >= 15 is 0 Å². The van der Waals surface area contributed by atoms with E-state index in [1.165, 1.54) is 30.3 Å². The van der Waals surface area contributed by atoms with Gasteiger partial charge in [0, 0.05) is 17.2 Å². The average molecular weight is 537 g/mol. The Morgan fingerprint density at radius 2 is 1.68 bits per heavy atom. The number of nitro groups is 1. The number of carbonyl (C=O) groups excluding carboxylic acids is 1. The van der Waals surface area contributed by atoms with Gasteiger partial charge in [0.25, 0.3) is 11.6 Å². The first kappa shape index (κ1) is 25.3. The zero-order valence-corrected chi connectivity index (χ0v) is 20.0. The number of hydrogen-bond donors (Lipinski definition) is 1. The Kier molecular flexibility index (Phi) is 8.37. The molecule has 0 saturated heterocycles. The van der Waals surface area contributed by atoms with Crippen LogP contribution in [0.3, 0.4) is 0 Å². The summed E-state index contributed by atoms with van der Waals surface area (Å²) in [7, 11) is 0.